The molecule has 2 aromatic heterocycles. The average molecular weight is 616 g/mol. The van der Waals surface area contributed by atoms with Crippen molar-refractivity contribution in [2.24, 2.45) is 5.11 Å². The van der Waals surface area contributed by atoms with Gasteiger partial charge in [-0.1, -0.05) is 18.0 Å². The minimum atomic E-state index is -5.67. The number of aliphatic hydroxyl groups is 1. The number of nitrogens with zero attached hydrogens (tertiary/aromatic N) is 7. The Balaban J connectivity index is 1.55. The van der Waals surface area contributed by atoms with Crippen LogP contribution in [0.15, 0.2) is 17.8 Å². The number of anilines is 1. The largest absolute Gasteiger partial charge is 0.490 e. The van der Waals surface area contributed by atoms with Gasteiger partial charge in [0.2, 0.25) is 0 Å². The van der Waals surface area contributed by atoms with E-state index in [2.05, 4.69) is 43.4 Å². The zero-order valence-electron chi connectivity index (χ0n) is 20.1. The van der Waals surface area contributed by atoms with Crippen molar-refractivity contribution in [2.75, 3.05) is 25.0 Å². The molecule has 20 nitrogen and oxygen atoms in total. The lowest BCUT2D eigenvalue weighted by Crippen LogP contribution is -2.26. The van der Waals surface area contributed by atoms with Gasteiger partial charge >= 0.3 is 23.5 Å². The summed E-state index contributed by atoms with van der Waals surface area (Å²) in [7, 11) is -16.6. The Labute approximate surface area is 220 Å². The fourth-order valence-electron chi connectivity index (χ4n) is 3.61. The van der Waals surface area contributed by atoms with Crippen LogP contribution in [0.3, 0.4) is 0 Å². The first-order valence-corrected chi connectivity index (χ1v) is 15.9. The van der Waals surface area contributed by atoms with Crippen LogP contribution in [-0.2, 0) is 31.6 Å². The summed E-state index contributed by atoms with van der Waals surface area (Å²) in [6.45, 7) is 0.283. The number of phosphoric acid groups is 3. The number of hydrogen-bond acceptors (Lipinski definition) is 13. The van der Waals surface area contributed by atoms with E-state index in [9.17, 15) is 28.6 Å². The van der Waals surface area contributed by atoms with E-state index >= 15 is 0 Å². The molecule has 1 aliphatic rings. The molecule has 0 spiro atoms. The molecule has 6 N–H and O–H groups in total. The van der Waals surface area contributed by atoms with Gasteiger partial charge in [0, 0.05) is 24.4 Å². The Morgan fingerprint density at radius 2 is 1.85 bits per heavy atom. The lowest BCUT2D eigenvalue weighted by atomic mass is 10.2. The highest BCUT2D eigenvalue weighted by Crippen LogP contribution is 2.66. The molecule has 218 valence electrons. The number of phosphoric ester groups is 1. The van der Waals surface area contributed by atoms with Crippen LogP contribution in [0.5, 0.6) is 0 Å². The van der Waals surface area contributed by atoms with Gasteiger partial charge in [-0.3, -0.25) is 9.09 Å². The lowest BCUT2D eigenvalue weighted by molar-refractivity contribution is -0.0423. The highest BCUT2D eigenvalue weighted by Gasteiger charge is 2.43. The second kappa shape index (κ2) is 13.6. The Morgan fingerprint density at radius 1 is 1.10 bits per heavy atom. The number of fused-ring (bicyclic) bond motifs is 1. The minimum absolute atomic E-state index is 0.00149. The molecule has 39 heavy (non-hydrogen) atoms. The zero-order valence-corrected chi connectivity index (χ0v) is 22.8. The maximum absolute atomic E-state index is 11.9. The fourth-order valence-corrected chi connectivity index (χ4v) is 6.64. The number of aliphatic hydroxyl groups excluding tert-OH is 1. The monoisotopic (exact) mass is 616 g/mol. The third-order valence-corrected chi connectivity index (χ3v) is 9.03. The van der Waals surface area contributed by atoms with Gasteiger partial charge in [-0.15, -0.1) is 0 Å². The SMILES string of the molecule is [N-]=[N+]=NCCCCCCNc1ncnc2c1ncn2[C@H]1C[C@H](O)[C@@H](COP(=O)(O)OP(=O)(O)OP(=O)(O)O)O1. The second-order valence-corrected chi connectivity index (χ2v) is 12.6. The van der Waals surface area contributed by atoms with Gasteiger partial charge in [-0.05, 0) is 18.4 Å². The Kier molecular flexibility index (Phi) is 11.0. The molecule has 0 radical (unpaired) electrons. The quantitative estimate of drug-likeness (QED) is 0.0517. The molecule has 1 fully saturated rings. The molecule has 0 saturated carbocycles. The maximum Gasteiger partial charge on any atom is 0.490 e. The number of nitrogens with one attached hydrogen (secondary N) is 1. The number of ether oxygens (including phenoxy) is 1. The molecule has 2 unspecified atom stereocenters. The molecule has 3 heterocycles. The summed E-state index contributed by atoms with van der Waals surface area (Å²) in [5, 5.41) is 17.0. The van der Waals surface area contributed by atoms with Gasteiger partial charge in [0.15, 0.2) is 17.0 Å². The fraction of sp³-hybridized carbons (Fsp3) is 0.688. The molecule has 0 bridgehead atoms. The third kappa shape index (κ3) is 9.84. The second-order valence-electron chi connectivity index (χ2n) is 8.16. The lowest BCUT2D eigenvalue weighted by Gasteiger charge is -2.19. The summed E-state index contributed by atoms with van der Waals surface area (Å²) in [6, 6.07) is 0. The number of hydrogen-bond donors (Lipinski definition) is 6. The summed E-state index contributed by atoms with van der Waals surface area (Å²) in [5.41, 5.74) is 9.09. The van der Waals surface area contributed by atoms with Crippen LogP contribution < -0.4 is 5.32 Å². The standard InChI is InChI=1S/C16H27N8O12P3/c17-23-22-6-4-2-1-3-5-18-15-14-16(20-9-19-15)24(10-21-14)13-7-11(25)12(34-13)8-33-38(29,30)36-39(31,32)35-37(26,27)28/h9-13,25H,1-8H2,(H,29,30)(H,31,32)(H,18,19,20)(H2,26,27,28)/t11-,12+,13+/m0/s1. The predicted molar refractivity (Wildman–Crippen MR) is 131 cm³/mol. The summed E-state index contributed by atoms with van der Waals surface area (Å²) in [6.07, 6.45) is 3.00. The number of aromatic nitrogens is 4. The van der Waals surface area contributed by atoms with E-state index in [1.807, 2.05) is 0 Å². The van der Waals surface area contributed by atoms with Crippen molar-refractivity contribution in [1.82, 2.24) is 19.5 Å². The first-order valence-electron chi connectivity index (χ1n) is 11.3. The van der Waals surface area contributed by atoms with E-state index < -0.39 is 48.5 Å². The summed E-state index contributed by atoms with van der Waals surface area (Å²) in [5.74, 6) is 0.482. The van der Waals surface area contributed by atoms with Crippen LogP contribution in [0.1, 0.15) is 38.3 Å². The Bertz CT molecular complexity index is 1320. The van der Waals surface area contributed by atoms with E-state index in [0.29, 0.717) is 30.1 Å². The molecule has 2 aromatic rings. The number of imidazole rings is 1. The Morgan fingerprint density at radius 3 is 2.56 bits per heavy atom. The van der Waals surface area contributed by atoms with Gasteiger partial charge in [0.05, 0.1) is 19.0 Å². The van der Waals surface area contributed by atoms with Crippen molar-refractivity contribution in [3.63, 3.8) is 0 Å². The smallest absolute Gasteiger partial charge is 0.390 e. The summed E-state index contributed by atoms with van der Waals surface area (Å²) >= 11 is 0. The van der Waals surface area contributed by atoms with Crippen LogP contribution in [0, 0.1) is 0 Å². The van der Waals surface area contributed by atoms with Crippen LogP contribution in [0.4, 0.5) is 5.82 Å². The maximum atomic E-state index is 11.9. The van der Waals surface area contributed by atoms with E-state index in [1.54, 1.807) is 0 Å². The normalized spacial score (nSPS) is 22.7. The van der Waals surface area contributed by atoms with Crippen molar-refractivity contribution in [1.29, 1.82) is 0 Å². The molecule has 3 rings (SSSR count). The van der Waals surface area contributed by atoms with Gasteiger partial charge < -0.3 is 34.7 Å². The van der Waals surface area contributed by atoms with Crippen molar-refractivity contribution >= 4 is 40.4 Å². The molecule has 0 aromatic carbocycles. The van der Waals surface area contributed by atoms with Gasteiger partial charge in [0.25, 0.3) is 0 Å². The van der Waals surface area contributed by atoms with Crippen molar-refractivity contribution in [2.45, 2.75) is 50.5 Å². The van der Waals surface area contributed by atoms with E-state index in [-0.39, 0.29) is 6.42 Å². The van der Waals surface area contributed by atoms with Crippen molar-refractivity contribution in [3.8, 4) is 0 Å². The molecule has 1 saturated heterocycles. The number of rotatable bonds is 16. The highest BCUT2D eigenvalue weighted by molar-refractivity contribution is 7.66. The average Bonchev–Trinajstić information content (AvgIpc) is 3.40. The molecular weight excluding hydrogens is 589 g/mol. The van der Waals surface area contributed by atoms with E-state index in [1.165, 1.54) is 17.2 Å². The molecule has 0 amide bonds. The van der Waals surface area contributed by atoms with E-state index in [0.717, 1.165) is 25.7 Å². The van der Waals surface area contributed by atoms with Crippen molar-refractivity contribution < 1.29 is 56.3 Å². The van der Waals surface area contributed by atoms with Gasteiger partial charge in [-0.2, -0.15) is 8.62 Å². The van der Waals surface area contributed by atoms with E-state index in [4.69, 9.17) is 20.1 Å². The topological polar surface area (TPSA) is 294 Å². The van der Waals surface area contributed by atoms with Crippen LogP contribution in [0.2, 0.25) is 0 Å². The summed E-state index contributed by atoms with van der Waals surface area (Å²) < 4.78 is 53.2. The molecule has 5 atom stereocenters. The van der Waals surface area contributed by atoms with Crippen LogP contribution in [0.25, 0.3) is 21.6 Å². The first-order chi connectivity index (χ1) is 18.3. The molecular formula is C16H27N8O12P3. The molecule has 1 aliphatic heterocycles. The number of azide groups is 1. The van der Waals surface area contributed by atoms with Crippen LogP contribution in [-0.4, -0.2) is 76.1 Å². The van der Waals surface area contributed by atoms with Gasteiger partial charge in [0.1, 0.15) is 18.7 Å². The molecule has 0 aliphatic carbocycles. The van der Waals surface area contributed by atoms with Gasteiger partial charge in [-0.25, -0.2) is 28.6 Å². The Hall–Kier alpha value is -2.01. The first kappa shape index (κ1) is 31.5. The highest BCUT2D eigenvalue weighted by atomic mass is 31.3. The zero-order chi connectivity index (χ0) is 28.7. The van der Waals surface area contributed by atoms with Crippen LogP contribution >= 0.6 is 23.5 Å². The summed E-state index contributed by atoms with van der Waals surface area (Å²) in [4.78, 5) is 51.4. The molecule has 23 heteroatoms. The number of unbranched alkanes of at least 4 members (excludes halogenated alkanes) is 3. The predicted octanol–water partition coefficient (Wildman–Crippen LogP) is 2.10. The minimum Gasteiger partial charge on any atom is -0.390 e. The third-order valence-electron chi connectivity index (χ3n) is 5.23. The van der Waals surface area contributed by atoms with Crippen molar-refractivity contribution in [3.05, 3.63) is 23.1 Å².